The van der Waals surface area contributed by atoms with Crippen molar-refractivity contribution >= 4 is 10.8 Å². The maximum atomic E-state index is 9.07. The van der Waals surface area contributed by atoms with Crippen LogP contribution in [0.5, 0.6) is 5.75 Å². The lowest BCUT2D eigenvalue weighted by molar-refractivity contribution is 0.419. The first-order chi connectivity index (χ1) is 7.81. The molecule has 2 aromatic rings. The van der Waals surface area contributed by atoms with E-state index in [1.54, 1.807) is 13.2 Å². The predicted molar refractivity (Wildman–Crippen MR) is 59.9 cm³/mol. The van der Waals surface area contributed by atoms with Crippen molar-refractivity contribution in [1.82, 2.24) is 0 Å². The second-order valence-electron chi connectivity index (χ2n) is 3.27. The summed E-state index contributed by atoms with van der Waals surface area (Å²) in [5.41, 5.74) is 0.747. The number of hydrogen-bond donors (Lipinski definition) is 0. The number of benzene rings is 2. The van der Waals surface area contributed by atoms with Gasteiger partial charge in [0.25, 0.3) is 0 Å². The summed E-state index contributed by atoms with van der Waals surface area (Å²) in [6, 6.07) is 13.1. The Labute approximate surface area is 93.1 Å². The molecule has 0 aromatic heterocycles. The molecule has 76 valence electrons. The average molecular weight is 208 g/mol. The van der Waals surface area contributed by atoms with Gasteiger partial charge < -0.3 is 4.74 Å². The lowest BCUT2D eigenvalue weighted by atomic mass is 9.99. The number of nitriles is 2. The van der Waals surface area contributed by atoms with Gasteiger partial charge in [-0.2, -0.15) is 10.5 Å². The van der Waals surface area contributed by atoms with Crippen molar-refractivity contribution in [3.05, 3.63) is 41.5 Å². The zero-order valence-electron chi connectivity index (χ0n) is 8.69. The molecule has 0 N–H and O–H groups in total. The fraction of sp³-hybridized carbons (Fsp3) is 0.0769. The second-order valence-corrected chi connectivity index (χ2v) is 3.27. The zero-order chi connectivity index (χ0) is 11.5. The smallest absolute Gasteiger partial charge is 0.128 e. The molecule has 0 radical (unpaired) electrons. The SMILES string of the molecule is COc1cc(C#N)c(C#N)c2ccccc12. The van der Waals surface area contributed by atoms with Crippen molar-refractivity contribution in [2.45, 2.75) is 0 Å². The van der Waals surface area contributed by atoms with E-state index < -0.39 is 0 Å². The highest BCUT2D eigenvalue weighted by Gasteiger charge is 2.11. The van der Waals surface area contributed by atoms with Crippen molar-refractivity contribution in [1.29, 1.82) is 10.5 Å². The molecular formula is C13H8N2O. The van der Waals surface area contributed by atoms with Crippen LogP contribution in [0.25, 0.3) is 10.8 Å². The highest BCUT2D eigenvalue weighted by atomic mass is 16.5. The predicted octanol–water partition coefficient (Wildman–Crippen LogP) is 2.59. The summed E-state index contributed by atoms with van der Waals surface area (Å²) < 4.78 is 5.21. The molecule has 2 rings (SSSR count). The highest BCUT2D eigenvalue weighted by Crippen LogP contribution is 2.30. The lowest BCUT2D eigenvalue weighted by Crippen LogP contribution is -1.91. The van der Waals surface area contributed by atoms with Crippen molar-refractivity contribution in [2.24, 2.45) is 0 Å². The summed E-state index contributed by atoms with van der Waals surface area (Å²) in [5, 5.41) is 19.6. The Morgan fingerprint density at radius 3 is 2.31 bits per heavy atom. The molecule has 0 saturated heterocycles. The molecule has 0 spiro atoms. The number of methoxy groups -OCH3 is 1. The molecule has 0 aliphatic carbocycles. The van der Waals surface area contributed by atoms with Crippen LogP contribution in [0.1, 0.15) is 11.1 Å². The standard InChI is InChI=1S/C13H8N2O/c1-16-13-6-9(7-14)12(8-15)10-4-2-3-5-11(10)13/h2-6H,1H3. The highest BCUT2D eigenvalue weighted by molar-refractivity contribution is 5.94. The number of nitrogens with zero attached hydrogens (tertiary/aromatic N) is 2. The summed E-state index contributed by atoms with van der Waals surface area (Å²) in [6.07, 6.45) is 0. The van der Waals surface area contributed by atoms with E-state index in [2.05, 4.69) is 6.07 Å². The third-order valence-electron chi connectivity index (χ3n) is 2.46. The molecule has 16 heavy (non-hydrogen) atoms. The van der Waals surface area contributed by atoms with Crippen LogP contribution in [0.15, 0.2) is 30.3 Å². The summed E-state index contributed by atoms with van der Waals surface area (Å²) in [4.78, 5) is 0. The van der Waals surface area contributed by atoms with Crippen molar-refractivity contribution < 1.29 is 4.74 Å². The first kappa shape index (κ1) is 10.0. The summed E-state index contributed by atoms with van der Waals surface area (Å²) >= 11 is 0. The van der Waals surface area contributed by atoms with Crippen molar-refractivity contribution in [3.8, 4) is 17.9 Å². The van der Waals surface area contributed by atoms with Crippen molar-refractivity contribution in [3.63, 3.8) is 0 Å². The summed E-state index contributed by atoms with van der Waals surface area (Å²) in [7, 11) is 1.55. The fourth-order valence-corrected chi connectivity index (χ4v) is 1.72. The number of fused-ring (bicyclic) bond motifs is 1. The Bertz CT molecular complexity index is 633. The minimum atomic E-state index is 0.345. The Balaban J connectivity index is 2.97. The number of ether oxygens (including phenoxy) is 1. The van der Waals surface area contributed by atoms with Crippen LogP contribution in [0.3, 0.4) is 0 Å². The van der Waals surface area contributed by atoms with Crippen LogP contribution in [0.4, 0.5) is 0 Å². The topological polar surface area (TPSA) is 56.8 Å². The Hall–Kier alpha value is -2.52. The van der Waals surface area contributed by atoms with E-state index in [4.69, 9.17) is 15.3 Å². The molecular weight excluding hydrogens is 200 g/mol. The minimum absolute atomic E-state index is 0.345. The molecule has 0 bridgehead atoms. The van der Waals surface area contributed by atoms with E-state index in [0.29, 0.717) is 16.9 Å². The minimum Gasteiger partial charge on any atom is -0.496 e. The molecule has 0 fully saturated rings. The third kappa shape index (κ3) is 1.36. The van der Waals surface area contributed by atoms with Crippen LogP contribution >= 0.6 is 0 Å². The maximum absolute atomic E-state index is 9.07. The first-order valence-electron chi connectivity index (χ1n) is 4.71. The molecule has 0 atom stereocenters. The van der Waals surface area contributed by atoms with Gasteiger partial charge in [-0.25, -0.2) is 0 Å². The molecule has 0 aliphatic rings. The van der Waals surface area contributed by atoms with Gasteiger partial charge in [-0.15, -0.1) is 0 Å². The van der Waals surface area contributed by atoms with Gasteiger partial charge in [-0.3, -0.25) is 0 Å². The fourth-order valence-electron chi connectivity index (χ4n) is 1.72. The van der Waals surface area contributed by atoms with E-state index >= 15 is 0 Å². The number of rotatable bonds is 1. The normalized spacial score (nSPS) is 9.44. The van der Waals surface area contributed by atoms with Gasteiger partial charge in [0.05, 0.1) is 18.2 Å². The summed E-state index contributed by atoms with van der Waals surface area (Å²) in [6.45, 7) is 0. The number of hydrogen-bond acceptors (Lipinski definition) is 3. The third-order valence-corrected chi connectivity index (χ3v) is 2.46. The molecule has 0 heterocycles. The maximum Gasteiger partial charge on any atom is 0.128 e. The van der Waals surface area contributed by atoms with Crippen LogP contribution in [-0.2, 0) is 0 Å². The van der Waals surface area contributed by atoms with Crippen LogP contribution in [0.2, 0.25) is 0 Å². The van der Waals surface area contributed by atoms with E-state index in [9.17, 15) is 0 Å². The van der Waals surface area contributed by atoms with Crippen LogP contribution < -0.4 is 4.74 Å². The molecule has 0 saturated carbocycles. The van der Waals surface area contributed by atoms with E-state index in [1.807, 2.05) is 30.3 Å². The van der Waals surface area contributed by atoms with E-state index in [0.717, 1.165) is 10.8 Å². The van der Waals surface area contributed by atoms with Gasteiger partial charge in [0.1, 0.15) is 17.9 Å². The van der Waals surface area contributed by atoms with Crippen LogP contribution in [0, 0.1) is 22.7 Å². The summed E-state index contributed by atoms with van der Waals surface area (Å²) in [5.74, 6) is 0.617. The van der Waals surface area contributed by atoms with Gasteiger partial charge in [0.2, 0.25) is 0 Å². The van der Waals surface area contributed by atoms with E-state index in [1.165, 1.54) is 0 Å². The lowest BCUT2D eigenvalue weighted by Gasteiger charge is -2.07. The van der Waals surface area contributed by atoms with Crippen molar-refractivity contribution in [2.75, 3.05) is 7.11 Å². The molecule has 0 amide bonds. The Kier molecular flexibility index (Phi) is 2.45. The monoisotopic (exact) mass is 208 g/mol. The molecule has 0 aliphatic heterocycles. The van der Waals surface area contributed by atoms with Gasteiger partial charge in [0, 0.05) is 10.8 Å². The molecule has 2 aromatic carbocycles. The second kappa shape index (κ2) is 3.92. The molecule has 3 nitrogen and oxygen atoms in total. The zero-order valence-corrected chi connectivity index (χ0v) is 8.69. The van der Waals surface area contributed by atoms with Gasteiger partial charge in [-0.05, 0) is 6.07 Å². The Morgan fingerprint density at radius 1 is 1.06 bits per heavy atom. The molecule has 0 unspecified atom stereocenters. The quantitative estimate of drug-likeness (QED) is 0.723. The van der Waals surface area contributed by atoms with E-state index in [-0.39, 0.29) is 0 Å². The largest absolute Gasteiger partial charge is 0.496 e. The van der Waals surface area contributed by atoms with Gasteiger partial charge >= 0.3 is 0 Å². The molecule has 3 heteroatoms. The van der Waals surface area contributed by atoms with Crippen LogP contribution in [-0.4, -0.2) is 7.11 Å². The first-order valence-corrected chi connectivity index (χ1v) is 4.71. The average Bonchev–Trinajstić information content (AvgIpc) is 2.36. The van der Waals surface area contributed by atoms with Gasteiger partial charge in [-0.1, -0.05) is 24.3 Å². The Morgan fingerprint density at radius 2 is 1.75 bits per heavy atom. The van der Waals surface area contributed by atoms with Gasteiger partial charge in [0.15, 0.2) is 0 Å².